The van der Waals surface area contributed by atoms with E-state index < -0.39 is 15.8 Å². The van der Waals surface area contributed by atoms with Crippen molar-refractivity contribution in [2.24, 2.45) is 0 Å². The van der Waals surface area contributed by atoms with Crippen molar-refractivity contribution in [1.82, 2.24) is 9.97 Å². The molecule has 3 aromatic rings. The van der Waals surface area contributed by atoms with Gasteiger partial charge in [0.25, 0.3) is 10.0 Å². The van der Waals surface area contributed by atoms with Gasteiger partial charge in [-0.05, 0) is 18.6 Å². The number of thiazole rings is 1. The molecule has 2 N–H and O–H groups in total. The molecule has 0 bridgehead atoms. The maximum Gasteiger partial charge on any atom is 0.417 e. The minimum absolute atomic E-state index is 0.0444. The first kappa shape index (κ1) is 12.9. The molecular weight excluding hydrogens is 302 g/mol. The topological polar surface area (TPSA) is 105 Å². The minimum Gasteiger partial charge on any atom is -0.408 e. The molecule has 0 spiro atoms. The number of H-pyrrole nitrogens is 1. The van der Waals surface area contributed by atoms with Gasteiger partial charge in [-0.25, -0.2) is 18.2 Å². The van der Waals surface area contributed by atoms with E-state index in [2.05, 4.69) is 14.7 Å². The van der Waals surface area contributed by atoms with E-state index in [1.165, 1.54) is 23.6 Å². The van der Waals surface area contributed by atoms with Gasteiger partial charge in [-0.1, -0.05) is 0 Å². The second-order valence-corrected chi connectivity index (χ2v) is 6.62. The highest BCUT2D eigenvalue weighted by Gasteiger charge is 2.20. The average molecular weight is 311 g/mol. The normalized spacial score (nSPS) is 11.8. The molecule has 2 heterocycles. The van der Waals surface area contributed by atoms with E-state index in [0.29, 0.717) is 11.1 Å². The molecule has 0 atom stereocenters. The van der Waals surface area contributed by atoms with Crippen molar-refractivity contribution in [3.63, 3.8) is 0 Å². The van der Waals surface area contributed by atoms with Gasteiger partial charge in [0.15, 0.2) is 10.7 Å². The van der Waals surface area contributed by atoms with Crippen LogP contribution in [-0.4, -0.2) is 18.4 Å². The first-order chi connectivity index (χ1) is 9.45. The van der Waals surface area contributed by atoms with Crippen molar-refractivity contribution in [1.29, 1.82) is 0 Å². The van der Waals surface area contributed by atoms with Gasteiger partial charge in [-0.15, -0.1) is 11.3 Å². The Morgan fingerprint density at radius 3 is 2.90 bits per heavy atom. The summed E-state index contributed by atoms with van der Waals surface area (Å²) in [6, 6.07) is 2.87. The van der Waals surface area contributed by atoms with Crippen LogP contribution < -0.4 is 10.5 Å². The van der Waals surface area contributed by atoms with Crippen LogP contribution in [0, 0.1) is 6.92 Å². The van der Waals surface area contributed by atoms with Gasteiger partial charge in [0, 0.05) is 17.6 Å². The standard InChI is InChI=1S/C11H9N3O4S2/c1-6-4-7-8(18-11(15)13-7)5-9(6)20(16,17)14-10-12-2-3-19-10/h2-5H,1H3,(H,12,14)(H,13,15). The monoisotopic (exact) mass is 311 g/mol. The molecule has 0 aliphatic rings. The first-order valence-electron chi connectivity index (χ1n) is 5.51. The molecule has 3 rings (SSSR count). The predicted octanol–water partition coefficient (Wildman–Crippen LogP) is 1.69. The molecule has 0 unspecified atom stereocenters. The zero-order chi connectivity index (χ0) is 14.3. The summed E-state index contributed by atoms with van der Waals surface area (Å²) in [5.74, 6) is -0.623. The van der Waals surface area contributed by atoms with Crippen LogP contribution in [0.1, 0.15) is 5.56 Å². The number of rotatable bonds is 3. The summed E-state index contributed by atoms with van der Waals surface area (Å²) in [6.07, 6.45) is 1.50. The molecule has 104 valence electrons. The minimum atomic E-state index is -3.77. The number of fused-ring (bicyclic) bond motifs is 1. The summed E-state index contributed by atoms with van der Waals surface area (Å²) < 4.78 is 31.8. The number of sulfonamides is 1. The number of oxazole rings is 1. The fourth-order valence-corrected chi connectivity index (χ4v) is 3.85. The molecule has 0 aliphatic heterocycles. The summed E-state index contributed by atoms with van der Waals surface area (Å²) in [4.78, 5) is 17.5. The fraction of sp³-hybridized carbons (Fsp3) is 0.0909. The van der Waals surface area contributed by atoms with Crippen LogP contribution in [0.4, 0.5) is 5.13 Å². The maximum atomic E-state index is 12.3. The van der Waals surface area contributed by atoms with Crippen LogP contribution >= 0.6 is 11.3 Å². The lowest BCUT2D eigenvalue weighted by atomic mass is 10.2. The summed E-state index contributed by atoms with van der Waals surface area (Å²) in [5, 5.41) is 1.94. The second kappa shape index (κ2) is 4.46. The Bertz CT molecular complexity index is 922. The highest BCUT2D eigenvalue weighted by molar-refractivity contribution is 7.93. The number of nitrogens with zero attached hydrogens (tertiary/aromatic N) is 1. The Balaban J connectivity index is 2.12. The maximum absolute atomic E-state index is 12.3. The average Bonchev–Trinajstić information content (AvgIpc) is 2.95. The lowest BCUT2D eigenvalue weighted by Gasteiger charge is -2.07. The molecule has 0 saturated heterocycles. The zero-order valence-electron chi connectivity index (χ0n) is 10.2. The van der Waals surface area contributed by atoms with Crippen molar-refractivity contribution in [3.8, 4) is 0 Å². The number of anilines is 1. The van der Waals surface area contributed by atoms with E-state index in [0.717, 1.165) is 0 Å². The van der Waals surface area contributed by atoms with Crippen molar-refractivity contribution in [2.75, 3.05) is 4.72 Å². The Morgan fingerprint density at radius 2 is 2.20 bits per heavy atom. The van der Waals surface area contributed by atoms with E-state index in [-0.39, 0.29) is 15.6 Å². The van der Waals surface area contributed by atoms with Crippen LogP contribution in [0.2, 0.25) is 0 Å². The zero-order valence-corrected chi connectivity index (χ0v) is 11.8. The number of nitrogens with one attached hydrogen (secondary N) is 2. The van der Waals surface area contributed by atoms with Crippen molar-refractivity contribution in [3.05, 3.63) is 39.8 Å². The van der Waals surface area contributed by atoms with E-state index in [4.69, 9.17) is 4.42 Å². The lowest BCUT2D eigenvalue weighted by molar-refractivity contribution is 0.554. The Hall–Kier alpha value is -2.13. The van der Waals surface area contributed by atoms with Crippen LogP contribution in [0.3, 0.4) is 0 Å². The molecule has 0 saturated carbocycles. The van der Waals surface area contributed by atoms with Gasteiger partial charge in [-0.3, -0.25) is 9.71 Å². The van der Waals surface area contributed by atoms with E-state index >= 15 is 0 Å². The molecule has 2 aromatic heterocycles. The summed E-state index contributed by atoms with van der Waals surface area (Å²) >= 11 is 1.18. The summed E-state index contributed by atoms with van der Waals surface area (Å²) in [5.41, 5.74) is 1.15. The quantitative estimate of drug-likeness (QED) is 0.765. The predicted molar refractivity (Wildman–Crippen MR) is 74.5 cm³/mol. The molecule has 7 nitrogen and oxygen atoms in total. The van der Waals surface area contributed by atoms with Crippen LogP contribution in [0.5, 0.6) is 0 Å². The Kier molecular flexibility index (Phi) is 2.87. The third-order valence-corrected chi connectivity index (χ3v) is 4.96. The van der Waals surface area contributed by atoms with Crippen LogP contribution in [0.15, 0.2) is 37.8 Å². The Morgan fingerprint density at radius 1 is 1.40 bits per heavy atom. The van der Waals surface area contributed by atoms with Gasteiger partial charge in [-0.2, -0.15) is 0 Å². The fourth-order valence-electron chi connectivity index (χ4n) is 1.82. The molecule has 0 radical (unpaired) electrons. The number of aryl methyl sites for hydroxylation is 1. The van der Waals surface area contributed by atoms with E-state index in [9.17, 15) is 13.2 Å². The third-order valence-electron chi connectivity index (χ3n) is 2.66. The second-order valence-electron chi connectivity index (χ2n) is 4.07. The molecule has 0 amide bonds. The summed E-state index contributed by atoms with van der Waals surface area (Å²) in [7, 11) is -3.77. The van der Waals surface area contributed by atoms with Crippen molar-refractivity contribution in [2.45, 2.75) is 11.8 Å². The lowest BCUT2D eigenvalue weighted by Crippen LogP contribution is -2.14. The van der Waals surface area contributed by atoms with Gasteiger partial charge >= 0.3 is 5.76 Å². The largest absolute Gasteiger partial charge is 0.417 e. The highest BCUT2D eigenvalue weighted by atomic mass is 32.2. The molecule has 20 heavy (non-hydrogen) atoms. The van der Waals surface area contributed by atoms with Crippen molar-refractivity contribution >= 4 is 37.6 Å². The highest BCUT2D eigenvalue weighted by Crippen LogP contribution is 2.24. The molecule has 0 aliphatic carbocycles. The number of benzene rings is 1. The molecular formula is C11H9N3O4S2. The molecule has 0 fully saturated rings. The van der Waals surface area contributed by atoms with Gasteiger partial charge in [0.05, 0.1) is 10.4 Å². The number of hydrogen-bond acceptors (Lipinski definition) is 6. The molecule has 1 aromatic carbocycles. The van der Waals surface area contributed by atoms with E-state index in [1.54, 1.807) is 18.4 Å². The first-order valence-corrected chi connectivity index (χ1v) is 7.88. The Labute approximate surface area is 117 Å². The van der Waals surface area contributed by atoms with Crippen molar-refractivity contribution < 1.29 is 12.8 Å². The number of aromatic nitrogens is 2. The van der Waals surface area contributed by atoms with Gasteiger partial charge in [0.1, 0.15) is 0 Å². The molecule has 9 heteroatoms. The third kappa shape index (κ3) is 2.21. The smallest absolute Gasteiger partial charge is 0.408 e. The van der Waals surface area contributed by atoms with E-state index in [1.807, 2.05) is 0 Å². The van der Waals surface area contributed by atoms with Crippen LogP contribution in [-0.2, 0) is 10.0 Å². The number of aromatic amines is 1. The van der Waals surface area contributed by atoms with Gasteiger partial charge < -0.3 is 4.42 Å². The summed E-state index contributed by atoms with van der Waals surface area (Å²) in [6.45, 7) is 1.64. The van der Waals surface area contributed by atoms with Gasteiger partial charge in [0.2, 0.25) is 0 Å². The van der Waals surface area contributed by atoms with Crippen LogP contribution in [0.25, 0.3) is 11.1 Å². The number of hydrogen-bond donors (Lipinski definition) is 2. The SMILES string of the molecule is Cc1cc2[nH]c(=O)oc2cc1S(=O)(=O)Nc1nccs1.